The number of esters is 1. The molecule has 2 heteroatoms. The van der Waals surface area contributed by atoms with Gasteiger partial charge in [-0.3, -0.25) is 4.79 Å². The van der Waals surface area contributed by atoms with Crippen LogP contribution in [0.5, 0.6) is 5.75 Å². The molecule has 0 saturated heterocycles. The summed E-state index contributed by atoms with van der Waals surface area (Å²) in [6.07, 6.45) is 23.0. The summed E-state index contributed by atoms with van der Waals surface area (Å²) in [5.41, 5.74) is 8.47. The first-order chi connectivity index (χ1) is 20.9. The van der Waals surface area contributed by atoms with Crippen LogP contribution in [0, 0.1) is 13.8 Å². The summed E-state index contributed by atoms with van der Waals surface area (Å²) in [5.74, 6) is 0.377. The van der Waals surface area contributed by atoms with Crippen LogP contribution in [0.2, 0.25) is 0 Å². The van der Waals surface area contributed by atoms with E-state index in [1.807, 2.05) is 0 Å². The molecule has 2 aromatic carbocycles. The van der Waals surface area contributed by atoms with Gasteiger partial charge < -0.3 is 4.74 Å². The maximum Gasteiger partial charge on any atom is 0.323 e. The second-order valence-corrected chi connectivity index (χ2v) is 15.9. The SMILES string of the molecule is CCCCCCCCCCCCCCCCCCc1c(C(C)(C)C)cc(C(C)(C)C)c2c1C(c1ccc(C)c(C)c1)C(=O)O2. The monoisotopic (exact) mass is 603 g/mol. The van der Waals surface area contributed by atoms with Crippen LogP contribution in [-0.4, -0.2) is 5.97 Å². The molecule has 1 heterocycles. The summed E-state index contributed by atoms with van der Waals surface area (Å²) >= 11 is 0. The first-order valence-electron chi connectivity index (χ1n) is 18.4. The molecule has 3 rings (SSSR count). The second kappa shape index (κ2) is 17.0. The van der Waals surface area contributed by atoms with Crippen LogP contribution in [0.3, 0.4) is 0 Å². The number of unbranched alkanes of at least 4 members (excludes halogenated alkanes) is 15. The van der Waals surface area contributed by atoms with Crippen LogP contribution < -0.4 is 4.74 Å². The summed E-state index contributed by atoms with van der Waals surface area (Å²) in [5, 5.41) is 0. The molecule has 2 nitrogen and oxygen atoms in total. The average Bonchev–Trinajstić information content (AvgIpc) is 3.29. The molecule has 44 heavy (non-hydrogen) atoms. The highest BCUT2D eigenvalue weighted by Crippen LogP contribution is 2.50. The van der Waals surface area contributed by atoms with Crippen LogP contribution >= 0.6 is 0 Å². The van der Waals surface area contributed by atoms with Crippen molar-refractivity contribution in [2.45, 2.75) is 188 Å². The Morgan fingerprint density at radius 3 is 1.55 bits per heavy atom. The molecule has 0 spiro atoms. The lowest BCUT2D eigenvalue weighted by atomic mass is 9.73. The van der Waals surface area contributed by atoms with Crippen molar-refractivity contribution in [3.05, 3.63) is 63.2 Å². The summed E-state index contributed by atoms with van der Waals surface area (Å²) in [6.45, 7) is 20.2. The molecule has 1 atom stereocenters. The number of fused-ring (bicyclic) bond motifs is 1. The van der Waals surface area contributed by atoms with Gasteiger partial charge in [0.15, 0.2) is 0 Å². The largest absolute Gasteiger partial charge is 0.425 e. The minimum Gasteiger partial charge on any atom is -0.425 e. The molecular formula is C42H66O2. The fourth-order valence-corrected chi connectivity index (χ4v) is 7.01. The maximum atomic E-state index is 13.6. The normalized spacial score (nSPS) is 15.1. The van der Waals surface area contributed by atoms with Gasteiger partial charge in [0.05, 0.1) is 0 Å². The molecule has 0 aromatic heterocycles. The number of carbonyl (C=O) groups excluding carboxylic acids is 1. The number of carbonyl (C=O) groups is 1. The smallest absolute Gasteiger partial charge is 0.323 e. The Hall–Kier alpha value is -2.09. The zero-order valence-corrected chi connectivity index (χ0v) is 30.2. The van der Waals surface area contributed by atoms with Crippen LogP contribution in [-0.2, 0) is 22.0 Å². The van der Waals surface area contributed by atoms with Crippen molar-refractivity contribution in [1.82, 2.24) is 0 Å². The van der Waals surface area contributed by atoms with Crippen LogP contribution in [0.15, 0.2) is 24.3 Å². The van der Waals surface area contributed by atoms with Crippen molar-refractivity contribution >= 4 is 5.97 Å². The van der Waals surface area contributed by atoms with Gasteiger partial charge >= 0.3 is 5.97 Å². The third-order valence-corrected chi connectivity index (χ3v) is 9.92. The van der Waals surface area contributed by atoms with Gasteiger partial charge in [-0.2, -0.15) is 0 Å². The molecule has 1 aliphatic heterocycles. The first-order valence-corrected chi connectivity index (χ1v) is 18.4. The standard InChI is InChI=1S/C42H66O2/c1-10-11-12-13-14-15-16-17-18-19-20-21-22-23-24-25-26-34-35(41(4,5)6)30-36(42(7,8)9)39-38(34)37(40(43)44-39)33-28-27-31(2)32(3)29-33/h27-30,37H,10-26H2,1-9H3. The lowest BCUT2D eigenvalue weighted by molar-refractivity contribution is -0.133. The number of hydrogen-bond acceptors (Lipinski definition) is 2. The summed E-state index contributed by atoms with van der Waals surface area (Å²) in [6, 6.07) is 8.87. The molecule has 246 valence electrons. The van der Waals surface area contributed by atoms with Crippen molar-refractivity contribution < 1.29 is 9.53 Å². The van der Waals surface area contributed by atoms with Gasteiger partial charge in [0.1, 0.15) is 11.7 Å². The number of aryl methyl sites for hydroxylation is 2. The molecule has 0 saturated carbocycles. The van der Waals surface area contributed by atoms with Crippen molar-refractivity contribution in [1.29, 1.82) is 0 Å². The average molecular weight is 603 g/mol. The fourth-order valence-electron chi connectivity index (χ4n) is 7.01. The van der Waals surface area contributed by atoms with Gasteiger partial charge in [0.25, 0.3) is 0 Å². The van der Waals surface area contributed by atoms with E-state index in [0.29, 0.717) is 0 Å². The van der Waals surface area contributed by atoms with E-state index < -0.39 is 0 Å². The van der Waals surface area contributed by atoms with E-state index in [-0.39, 0.29) is 22.7 Å². The molecule has 2 aromatic rings. The topological polar surface area (TPSA) is 26.3 Å². The minimum absolute atomic E-state index is 0.0151. The van der Waals surface area contributed by atoms with Gasteiger partial charge in [-0.1, -0.05) is 169 Å². The Morgan fingerprint density at radius 1 is 0.614 bits per heavy atom. The zero-order valence-electron chi connectivity index (χ0n) is 30.2. The quantitative estimate of drug-likeness (QED) is 0.0963. The second-order valence-electron chi connectivity index (χ2n) is 15.9. The van der Waals surface area contributed by atoms with Crippen LogP contribution in [0.25, 0.3) is 0 Å². The molecule has 0 aliphatic carbocycles. The van der Waals surface area contributed by atoms with E-state index >= 15 is 0 Å². The third-order valence-electron chi connectivity index (χ3n) is 9.92. The van der Waals surface area contributed by atoms with Crippen LogP contribution in [0.4, 0.5) is 0 Å². The molecule has 1 unspecified atom stereocenters. The highest BCUT2D eigenvalue weighted by Gasteiger charge is 2.42. The molecular weight excluding hydrogens is 536 g/mol. The Kier molecular flexibility index (Phi) is 14.1. The van der Waals surface area contributed by atoms with Gasteiger partial charge in [0.2, 0.25) is 0 Å². The van der Waals surface area contributed by atoms with Crippen molar-refractivity contribution in [3.8, 4) is 5.75 Å². The molecule has 1 aliphatic rings. The van der Waals surface area contributed by atoms with E-state index in [9.17, 15) is 4.79 Å². The Morgan fingerprint density at radius 2 is 1.09 bits per heavy atom. The summed E-state index contributed by atoms with van der Waals surface area (Å²) in [4.78, 5) is 13.6. The molecule has 0 N–H and O–H groups in total. The lowest BCUT2D eigenvalue weighted by Gasteiger charge is -2.30. The Balaban J connectivity index is 1.62. The highest BCUT2D eigenvalue weighted by atomic mass is 16.5. The van der Waals surface area contributed by atoms with E-state index in [1.165, 1.54) is 119 Å². The predicted molar refractivity (Wildman–Crippen MR) is 190 cm³/mol. The Labute approximate surface area is 272 Å². The number of hydrogen-bond donors (Lipinski definition) is 0. The van der Waals surface area contributed by atoms with Gasteiger partial charge in [0, 0.05) is 11.1 Å². The van der Waals surface area contributed by atoms with Crippen LogP contribution in [0.1, 0.15) is 196 Å². The zero-order chi connectivity index (χ0) is 32.3. The van der Waals surface area contributed by atoms with Gasteiger partial charge in [-0.05, 0) is 65.3 Å². The predicted octanol–water partition coefficient (Wildman–Crippen LogP) is 12.8. The van der Waals surface area contributed by atoms with E-state index in [4.69, 9.17) is 4.74 Å². The lowest BCUT2D eigenvalue weighted by Crippen LogP contribution is -2.21. The first kappa shape index (κ1) is 36.4. The molecule has 0 radical (unpaired) electrons. The summed E-state index contributed by atoms with van der Waals surface area (Å²) in [7, 11) is 0. The molecule has 0 bridgehead atoms. The number of rotatable bonds is 18. The minimum atomic E-state index is -0.344. The molecule has 0 amide bonds. The number of ether oxygens (including phenoxy) is 1. The summed E-state index contributed by atoms with van der Waals surface area (Å²) < 4.78 is 6.20. The highest BCUT2D eigenvalue weighted by molar-refractivity contribution is 5.91. The van der Waals surface area contributed by atoms with Gasteiger partial charge in [-0.25, -0.2) is 0 Å². The van der Waals surface area contributed by atoms with E-state index in [2.05, 4.69) is 86.6 Å². The van der Waals surface area contributed by atoms with Gasteiger partial charge in [-0.15, -0.1) is 0 Å². The van der Waals surface area contributed by atoms with Crippen molar-refractivity contribution in [2.24, 2.45) is 0 Å². The number of benzene rings is 2. The Bertz CT molecular complexity index is 1190. The van der Waals surface area contributed by atoms with E-state index in [0.717, 1.165) is 35.3 Å². The maximum absolute atomic E-state index is 13.6. The third kappa shape index (κ3) is 10.2. The van der Waals surface area contributed by atoms with Crippen molar-refractivity contribution in [3.63, 3.8) is 0 Å². The van der Waals surface area contributed by atoms with Crippen molar-refractivity contribution in [2.75, 3.05) is 0 Å². The molecule has 0 fully saturated rings. The van der Waals surface area contributed by atoms with E-state index in [1.54, 1.807) is 0 Å². The fraction of sp³-hybridized carbons (Fsp3) is 0.690.